The number of aliphatic hydroxyl groups is 1. The number of aliphatic hydroxyl groups excluding tert-OH is 1. The normalized spacial score (nSPS) is 44.8. The smallest absolute Gasteiger partial charge is 0.302 e. The number of carbonyl (C=O) groups excluding carboxylic acids is 2. The topological polar surface area (TPSA) is 107 Å². The number of fused-ring (bicyclic) bond motifs is 7. The van der Waals surface area contributed by atoms with E-state index in [-0.39, 0.29) is 57.8 Å². The summed E-state index contributed by atoms with van der Waals surface area (Å²) in [6.07, 6.45) is 6.65. The molecule has 4 fully saturated rings. The zero-order valence-corrected chi connectivity index (χ0v) is 26.0. The summed E-state index contributed by atoms with van der Waals surface area (Å²) in [6, 6.07) is 0. The van der Waals surface area contributed by atoms with E-state index in [9.17, 15) is 24.8 Å². The minimum Gasteiger partial charge on any atom is -0.462 e. The van der Waals surface area contributed by atoms with Crippen molar-refractivity contribution >= 4 is 11.8 Å². The molecule has 5 aliphatic rings. The fourth-order valence-corrected chi connectivity index (χ4v) is 11.8. The number of nitrogens with zero attached hydrogens (tertiary/aromatic N) is 1. The number of nitro groups is 1. The Balaban J connectivity index is 1.56. The lowest BCUT2D eigenvalue weighted by Crippen LogP contribution is -2.66. The zero-order chi connectivity index (χ0) is 29.6. The van der Waals surface area contributed by atoms with Gasteiger partial charge in [0.15, 0.2) is 5.78 Å². The van der Waals surface area contributed by atoms with E-state index in [1.807, 2.05) is 0 Å². The Morgan fingerprint density at radius 1 is 1.00 bits per heavy atom. The monoisotopic (exact) mass is 557 g/mol. The molecule has 7 nitrogen and oxygen atoms in total. The number of esters is 1. The average Bonchev–Trinajstić information content (AvgIpc) is 3.14. The molecule has 0 aromatic rings. The van der Waals surface area contributed by atoms with Crippen molar-refractivity contribution in [2.45, 2.75) is 125 Å². The van der Waals surface area contributed by atoms with Crippen LogP contribution in [-0.2, 0) is 14.3 Å². The fourth-order valence-electron chi connectivity index (χ4n) is 11.8. The molecule has 40 heavy (non-hydrogen) atoms. The molecule has 4 saturated carbocycles. The quantitative estimate of drug-likeness (QED) is 0.234. The summed E-state index contributed by atoms with van der Waals surface area (Å²) in [5.41, 5.74) is 1.15. The summed E-state index contributed by atoms with van der Waals surface area (Å²) in [5.74, 6) is 1.04. The maximum atomic E-state index is 13.6. The van der Waals surface area contributed by atoms with Crippen molar-refractivity contribution in [2.75, 3.05) is 6.54 Å². The van der Waals surface area contributed by atoms with Crippen molar-refractivity contribution in [3.05, 3.63) is 21.3 Å². The Kier molecular flexibility index (Phi) is 6.96. The van der Waals surface area contributed by atoms with Gasteiger partial charge in [0.2, 0.25) is 6.54 Å². The Morgan fingerprint density at radius 3 is 2.27 bits per heavy atom. The number of allylic oxidation sites excluding steroid dienone is 1. The molecule has 1 N–H and O–H groups in total. The molecular weight excluding hydrogens is 506 g/mol. The lowest BCUT2D eigenvalue weighted by atomic mass is 9.33. The Bertz CT molecular complexity index is 1140. The van der Waals surface area contributed by atoms with Gasteiger partial charge in [-0.3, -0.25) is 19.7 Å². The molecule has 0 bridgehead atoms. The predicted molar refractivity (Wildman–Crippen MR) is 153 cm³/mol. The molecule has 0 aromatic heterocycles. The van der Waals surface area contributed by atoms with Gasteiger partial charge in [-0.15, -0.1) is 0 Å². The number of Topliss-reactive ketones (excluding diaryl/α,β-unsaturated/α-hetero) is 1. The number of carbonyl (C=O) groups is 2. The molecule has 9 atom stereocenters. The second-order valence-electron chi connectivity index (χ2n) is 15.8. The van der Waals surface area contributed by atoms with Gasteiger partial charge in [-0.2, -0.15) is 0 Å². The molecule has 0 saturated heterocycles. The molecule has 0 amide bonds. The first-order chi connectivity index (χ1) is 18.5. The summed E-state index contributed by atoms with van der Waals surface area (Å²) >= 11 is 0. The summed E-state index contributed by atoms with van der Waals surface area (Å²) < 4.78 is 5.87. The SMILES string of the molecule is CC(=O)O[C@H]1CC[C@@]2(C)C(CC[C@]3(C)[C@@H]2CC[C@@H]2C4=C(C(C)C)C(=O)C[C@]4(C(O)C[N+](=O)[O-])CC[C@]23C)C1(C)C. The maximum Gasteiger partial charge on any atom is 0.302 e. The van der Waals surface area contributed by atoms with E-state index >= 15 is 0 Å². The van der Waals surface area contributed by atoms with Gasteiger partial charge in [0, 0.05) is 29.1 Å². The second-order valence-corrected chi connectivity index (χ2v) is 15.8. The highest BCUT2D eigenvalue weighted by atomic mass is 16.6. The molecule has 2 unspecified atom stereocenters. The van der Waals surface area contributed by atoms with Crippen LogP contribution < -0.4 is 0 Å². The van der Waals surface area contributed by atoms with Gasteiger partial charge < -0.3 is 9.84 Å². The van der Waals surface area contributed by atoms with Crippen LogP contribution in [0.1, 0.15) is 113 Å². The summed E-state index contributed by atoms with van der Waals surface area (Å²) in [6.45, 7) is 17.2. The molecule has 5 rings (SSSR count). The Labute approximate surface area is 240 Å². The van der Waals surface area contributed by atoms with Crippen LogP contribution >= 0.6 is 0 Å². The van der Waals surface area contributed by atoms with Gasteiger partial charge in [0.25, 0.3) is 0 Å². The molecule has 224 valence electrons. The Hall–Kier alpha value is -1.76. The summed E-state index contributed by atoms with van der Waals surface area (Å²) in [7, 11) is 0. The molecular formula is C33H51NO6. The molecule has 7 heteroatoms. The zero-order valence-electron chi connectivity index (χ0n) is 26.0. The van der Waals surface area contributed by atoms with Crippen molar-refractivity contribution < 1.29 is 24.4 Å². The molecule has 0 aliphatic heterocycles. The number of ether oxygens (including phenoxy) is 1. The van der Waals surface area contributed by atoms with Crippen molar-refractivity contribution in [1.29, 1.82) is 0 Å². The minimum atomic E-state index is -1.14. The number of hydrogen-bond donors (Lipinski definition) is 1. The van der Waals surface area contributed by atoms with Crippen LogP contribution in [0.3, 0.4) is 0 Å². The minimum absolute atomic E-state index is 0.0330. The fraction of sp³-hybridized carbons (Fsp3) is 0.879. The number of ketones is 1. The van der Waals surface area contributed by atoms with Gasteiger partial charge in [0.05, 0.1) is 0 Å². The van der Waals surface area contributed by atoms with E-state index in [0.29, 0.717) is 18.3 Å². The van der Waals surface area contributed by atoms with Gasteiger partial charge >= 0.3 is 5.97 Å². The lowest BCUT2D eigenvalue weighted by molar-refractivity contribution is -0.494. The highest BCUT2D eigenvalue weighted by Crippen LogP contribution is 2.77. The molecule has 5 aliphatic carbocycles. The van der Waals surface area contributed by atoms with Crippen LogP contribution in [-0.4, -0.2) is 40.5 Å². The largest absolute Gasteiger partial charge is 0.462 e. The third kappa shape index (κ3) is 3.84. The first-order valence-corrected chi connectivity index (χ1v) is 15.7. The number of hydrogen-bond acceptors (Lipinski definition) is 6. The standard InChI is InChI=1S/C33H51NO6/c1-19(2)27-22(36)17-33(25(37)18-34(38)39)16-15-31(7)21(28(27)33)9-10-24-30(6)13-12-26(40-20(3)35)29(4,5)23(30)11-14-32(24,31)8/h19,21,23-26,37H,9-18H2,1-8H3/t21-,23?,24-,25?,26+,30+,31-,32-,33+/m1/s1. The summed E-state index contributed by atoms with van der Waals surface area (Å²) in [4.78, 5) is 36.6. The average molecular weight is 558 g/mol. The van der Waals surface area contributed by atoms with E-state index in [0.717, 1.165) is 56.1 Å². The number of rotatable bonds is 5. The first-order valence-electron chi connectivity index (χ1n) is 15.7. The third-order valence-corrected chi connectivity index (χ3v) is 13.7. The van der Waals surface area contributed by atoms with Crippen LogP contribution in [0.5, 0.6) is 0 Å². The van der Waals surface area contributed by atoms with Crippen LogP contribution in [0.25, 0.3) is 0 Å². The van der Waals surface area contributed by atoms with E-state index in [4.69, 9.17) is 4.74 Å². The highest BCUT2D eigenvalue weighted by Gasteiger charge is 2.71. The van der Waals surface area contributed by atoms with Gasteiger partial charge in [0.1, 0.15) is 12.2 Å². The van der Waals surface area contributed by atoms with Crippen molar-refractivity contribution in [2.24, 2.45) is 50.7 Å². The second kappa shape index (κ2) is 9.37. The van der Waals surface area contributed by atoms with E-state index in [1.165, 1.54) is 6.92 Å². The molecule has 0 spiro atoms. The van der Waals surface area contributed by atoms with E-state index in [1.54, 1.807) is 0 Å². The van der Waals surface area contributed by atoms with Gasteiger partial charge in [-0.1, -0.05) is 54.0 Å². The van der Waals surface area contributed by atoms with E-state index < -0.39 is 23.0 Å². The molecule has 0 radical (unpaired) electrons. The van der Waals surface area contributed by atoms with Crippen LogP contribution in [0.2, 0.25) is 0 Å². The van der Waals surface area contributed by atoms with Crippen LogP contribution in [0.4, 0.5) is 0 Å². The van der Waals surface area contributed by atoms with E-state index in [2.05, 4.69) is 48.5 Å². The van der Waals surface area contributed by atoms with Crippen LogP contribution in [0, 0.1) is 60.9 Å². The van der Waals surface area contributed by atoms with Crippen LogP contribution in [0.15, 0.2) is 11.1 Å². The first kappa shape index (κ1) is 29.7. The van der Waals surface area contributed by atoms with Gasteiger partial charge in [-0.25, -0.2) is 0 Å². The van der Waals surface area contributed by atoms with Crippen molar-refractivity contribution in [3.8, 4) is 0 Å². The van der Waals surface area contributed by atoms with Gasteiger partial charge in [-0.05, 0) is 96.9 Å². The third-order valence-electron chi connectivity index (χ3n) is 13.7. The lowest BCUT2D eigenvalue weighted by Gasteiger charge is -2.72. The van der Waals surface area contributed by atoms with Crippen molar-refractivity contribution in [3.63, 3.8) is 0 Å². The molecule has 0 aromatic carbocycles. The maximum absolute atomic E-state index is 13.6. The molecule has 0 heterocycles. The summed E-state index contributed by atoms with van der Waals surface area (Å²) in [5, 5.41) is 22.9. The Morgan fingerprint density at radius 2 is 1.68 bits per heavy atom. The van der Waals surface area contributed by atoms with Crippen molar-refractivity contribution in [1.82, 2.24) is 0 Å². The highest BCUT2D eigenvalue weighted by molar-refractivity contribution is 6.00. The predicted octanol–water partition coefficient (Wildman–Crippen LogP) is 6.54.